The zero-order chi connectivity index (χ0) is 30.1. The van der Waals surface area contributed by atoms with E-state index in [1.165, 1.54) is 61.3 Å². The van der Waals surface area contributed by atoms with Gasteiger partial charge in [-0.1, -0.05) is 0 Å². The Balaban J connectivity index is 1.19. The molecule has 226 valence electrons. The van der Waals surface area contributed by atoms with E-state index < -0.39 is 23.0 Å². The van der Waals surface area contributed by atoms with Crippen molar-refractivity contribution in [3.63, 3.8) is 0 Å². The minimum atomic E-state index is -4.44. The number of anilines is 2. The van der Waals surface area contributed by atoms with Gasteiger partial charge < -0.3 is 15.1 Å². The van der Waals surface area contributed by atoms with Crippen LogP contribution in [0.5, 0.6) is 0 Å². The van der Waals surface area contributed by atoms with Gasteiger partial charge >= 0.3 is 11.5 Å². The summed E-state index contributed by atoms with van der Waals surface area (Å²) in [5.74, 6) is -0.292. The van der Waals surface area contributed by atoms with E-state index in [4.69, 9.17) is 0 Å². The Labute approximate surface area is 247 Å². The van der Waals surface area contributed by atoms with Crippen LogP contribution in [0.2, 0.25) is 0 Å². The van der Waals surface area contributed by atoms with Crippen LogP contribution in [0.1, 0.15) is 45.1 Å². The molecule has 2 aromatic rings. The number of hydrogen-bond acceptors (Lipinski definition) is 7. The summed E-state index contributed by atoms with van der Waals surface area (Å²) < 4.78 is 38.1. The van der Waals surface area contributed by atoms with Crippen LogP contribution in [-0.2, 0) is 16.1 Å². The van der Waals surface area contributed by atoms with Crippen molar-refractivity contribution >= 4 is 41.1 Å². The molecule has 0 radical (unpaired) electrons. The lowest BCUT2D eigenvalue weighted by molar-refractivity contribution is -0.123. The van der Waals surface area contributed by atoms with Crippen molar-refractivity contribution in [2.75, 3.05) is 42.9 Å². The number of aromatic nitrogens is 1. The third-order valence-electron chi connectivity index (χ3n) is 8.17. The summed E-state index contributed by atoms with van der Waals surface area (Å²) in [6.45, 7) is 7.71. The van der Waals surface area contributed by atoms with Gasteiger partial charge in [-0.3, -0.25) is 14.5 Å². The van der Waals surface area contributed by atoms with Gasteiger partial charge in [0.25, 0.3) is 5.91 Å². The number of halogens is 3. The number of rotatable bonds is 8. The summed E-state index contributed by atoms with van der Waals surface area (Å²) in [6.07, 6.45) is 6.21. The monoisotopic (exact) mass is 604 g/mol. The van der Waals surface area contributed by atoms with E-state index in [2.05, 4.69) is 20.1 Å². The fraction of sp³-hybridized carbons (Fsp3) is 0.517. The van der Waals surface area contributed by atoms with Gasteiger partial charge in [0.1, 0.15) is 11.4 Å². The van der Waals surface area contributed by atoms with Gasteiger partial charge in [-0.05, 0) is 106 Å². The molecule has 1 N–H and O–H groups in total. The number of nitrogens with zero attached hydrogens (tertiary/aromatic N) is 5. The number of carbonyl (C=O) groups is 3. The Morgan fingerprint density at radius 3 is 2.36 bits per heavy atom. The molecule has 0 aliphatic carbocycles. The molecule has 0 unspecified atom stereocenters. The second-order valence-corrected chi connectivity index (χ2v) is 12.6. The number of piperidine rings is 1. The third kappa shape index (κ3) is 6.90. The number of urea groups is 1. The third-order valence-corrected chi connectivity index (χ3v) is 8.91. The second-order valence-electron chi connectivity index (χ2n) is 11.5. The number of thioether (sulfide) groups is 1. The normalized spacial score (nSPS) is 20.5. The van der Waals surface area contributed by atoms with Crippen molar-refractivity contribution in [1.29, 1.82) is 0 Å². The number of benzene rings is 1. The van der Waals surface area contributed by atoms with Gasteiger partial charge in [-0.25, -0.2) is 14.7 Å². The number of imide groups is 1. The van der Waals surface area contributed by atoms with E-state index >= 15 is 0 Å². The van der Waals surface area contributed by atoms with Crippen LogP contribution < -0.4 is 10.2 Å². The summed E-state index contributed by atoms with van der Waals surface area (Å²) in [7, 11) is 0. The summed E-state index contributed by atoms with van der Waals surface area (Å²) in [5.41, 5.74) is -4.78. The lowest BCUT2D eigenvalue weighted by Crippen LogP contribution is -2.46. The molecule has 0 atom stereocenters. The minimum Gasteiger partial charge on any atom is -0.310 e. The smallest absolute Gasteiger partial charge is 0.310 e. The maximum absolute atomic E-state index is 13.4. The van der Waals surface area contributed by atoms with Crippen LogP contribution in [0.15, 0.2) is 47.5 Å². The van der Waals surface area contributed by atoms with Crippen molar-refractivity contribution < 1.29 is 27.6 Å². The van der Waals surface area contributed by atoms with E-state index in [0.29, 0.717) is 17.4 Å². The Bertz CT molecular complexity index is 1310. The highest BCUT2D eigenvalue weighted by molar-refractivity contribution is 8.00. The van der Waals surface area contributed by atoms with E-state index in [1.54, 1.807) is 26.0 Å². The van der Waals surface area contributed by atoms with Crippen LogP contribution in [0, 0.1) is 0 Å². The molecule has 3 aliphatic heterocycles. The Hall–Kier alpha value is -3.16. The average molecular weight is 605 g/mol. The molecular weight excluding hydrogens is 569 g/mol. The molecule has 5 rings (SSSR count). The topological polar surface area (TPSA) is 89.1 Å². The summed E-state index contributed by atoms with van der Waals surface area (Å²) in [4.78, 5) is 50.8. The molecule has 9 nitrogen and oxygen atoms in total. The Morgan fingerprint density at radius 1 is 1.05 bits per heavy atom. The molecule has 0 spiro atoms. The molecule has 3 fully saturated rings. The highest BCUT2D eigenvalue weighted by Gasteiger charge is 2.51. The number of carbonyl (C=O) groups excluding carboxylic acids is 3. The highest BCUT2D eigenvalue weighted by Crippen LogP contribution is 2.39. The molecular formula is C29H35F3N6O3S. The van der Waals surface area contributed by atoms with E-state index in [-0.39, 0.29) is 41.3 Å². The zero-order valence-electron chi connectivity index (χ0n) is 23.7. The molecule has 1 aromatic carbocycles. The number of alkyl halides is 3. The van der Waals surface area contributed by atoms with Gasteiger partial charge in [-0.15, -0.1) is 0 Å². The van der Waals surface area contributed by atoms with Crippen LogP contribution in [0.25, 0.3) is 0 Å². The highest BCUT2D eigenvalue weighted by atomic mass is 32.2. The maximum Gasteiger partial charge on any atom is 0.446 e. The van der Waals surface area contributed by atoms with Gasteiger partial charge in [0.15, 0.2) is 0 Å². The Morgan fingerprint density at radius 2 is 1.71 bits per heavy atom. The average Bonchev–Trinajstić information content (AvgIpc) is 3.52. The maximum atomic E-state index is 13.4. The molecule has 4 amide bonds. The van der Waals surface area contributed by atoms with Crippen LogP contribution in [0.4, 0.5) is 29.5 Å². The van der Waals surface area contributed by atoms with Crippen LogP contribution in [-0.4, -0.2) is 87.3 Å². The standard InChI is InChI=1S/C29H35F3N6O3S/c1-28(2)26(40)38(22-5-7-23(8-6-22)42-29(30,31)32)27(41)37(28)18-20-9-12-33-24(17-20)34-25(39)19-35-15-10-21(11-16-35)36-13-3-4-14-36/h5-9,12,17,21H,3-4,10-11,13-16,18-19H2,1-2H3,(H,33,34,39). The van der Waals surface area contributed by atoms with Gasteiger partial charge in [0.05, 0.1) is 12.2 Å². The molecule has 42 heavy (non-hydrogen) atoms. The molecule has 3 aliphatic rings. The van der Waals surface area contributed by atoms with Gasteiger partial charge in [0.2, 0.25) is 5.91 Å². The lowest BCUT2D eigenvalue weighted by Gasteiger charge is -2.36. The molecule has 0 bridgehead atoms. The number of pyridine rings is 1. The van der Waals surface area contributed by atoms with Crippen molar-refractivity contribution in [2.45, 2.75) is 68.1 Å². The minimum absolute atomic E-state index is 0.0422. The van der Waals surface area contributed by atoms with Gasteiger partial charge in [0, 0.05) is 36.8 Å². The molecule has 4 heterocycles. The molecule has 3 saturated heterocycles. The first-order valence-corrected chi connectivity index (χ1v) is 15.0. The second kappa shape index (κ2) is 12.2. The van der Waals surface area contributed by atoms with Crippen molar-refractivity contribution in [2.24, 2.45) is 0 Å². The first kappa shape index (κ1) is 30.3. The first-order chi connectivity index (χ1) is 19.9. The van der Waals surface area contributed by atoms with Gasteiger partial charge in [-0.2, -0.15) is 13.2 Å². The predicted octanol–water partition coefficient (Wildman–Crippen LogP) is 4.94. The van der Waals surface area contributed by atoms with Crippen molar-refractivity contribution in [3.05, 3.63) is 48.2 Å². The zero-order valence-corrected chi connectivity index (χ0v) is 24.5. The summed E-state index contributed by atoms with van der Waals surface area (Å²) in [6, 6.07) is 8.54. The van der Waals surface area contributed by atoms with Crippen molar-refractivity contribution in [3.8, 4) is 0 Å². The number of hydrogen-bond donors (Lipinski definition) is 1. The number of likely N-dealkylation sites (tertiary alicyclic amines) is 2. The molecule has 13 heteroatoms. The SMILES string of the molecule is CC1(C)C(=O)N(c2ccc(SC(F)(F)F)cc2)C(=O)N1Cc1ccnc(NC(=O)CN2CCC(N3CCCC3)CC2)c1. The van der Waals surface area contributed by atoms with E-state index in [1.807, 2.05) is 0 Å². The number of amides is 4. The fourth-order valence-corrected chi connectivity index (χ4v) is 6.42. The first-order valence-electron chi connectivity index (χ1n) is 14.1. The van der Waals surface area contributed by atoms with E-state index in [0.717, 1.165) is 30.8 Å². The van der Waals surface area contributed by atoms with Crippen LogP contribution in [0.3, 0.4) is 0 Å². The molecule has 1 aromatic heterocycles. The largest absolute Gasteiger partial charge is 0.446 e. The number of nitrogens with one attached hydrogen (secondary N) is 1. The summed E-state index contributed by atoms with van der Waals surface area (Å²) in [5, 5.41) is 2.85. The summed E-state index contributed by atoms with van der Waals surface area (Å²) >= 11 is -0.264. The van der Waals surface area contributed by atoms with E-state index in [9.17, 15) is 27.6 Å². The quantitative estimate of drug-likeness (QED) is 0.337. The van der Waals surface area contributed by atoms with Crippen LogP contribution >= 0.6 is 11.8 Å². The molecule has 0 saturated carbocycles. The Kier molecular flexibility index (Phi) is 8.81. The predicted molar refractivity (Wildman–Crippen MR) is 154 cm³/mol. The fourth-order valence-electron chi connectivity index (χ4n) is 5.88. The van der Waals surface area contributed by atoms with Crippen molar-refractivity contribution in [1.82, 2.24) is 19.7 Å². The lowest BCUT2D eigenvalue weighted by atomic mass is 10.0.